The van der Waals surface area contributed by atoms with Gasteiger partial charge in [0.2, 0.25) is 0 Å². The van der Waals surface area contributed by atoms with E-state index in [1.165, 1.54) is 9.34 Å². The first-order chi connectivity index (χ1) is 15.2. The van der Waals surface area contributed by atoms with E-state index in [0.29, 0.717) is 10.8 Å². The highest BCUT2D eigenvalue weighted by Crippen LogP contribution is 2.48. The molecule has 180 valence electrons. The predicted octanol–water partition coefficient (Wildman–Crippen LogP) is 5.29. The van der Waals surface area contributed by atoms with E-state index >= 15 is 0 Å². The number of hydrogen-bond donors (Lipinski definition) is 2. The minimum Gasteiger partial charge on any atom is -0.421 e. The highest BCUT2D eigenvalue weighted by molar-refractivity contribution is 7.54. The van der Waals surface area contributed by atoms with Gasteiger partial charge in [0.15, 0.2) is 0 Å². The first-order valence-electron chi connectivity index (χ1n) is 9.63. The molecule has 0 aliphatic rings. The summed E-state index contributed by atoms with van der Waals surface area (Å²) in [4.78, 5) is 0. The van der Waals surface area contributed by atoms with Gasteiger partial charge in [-0.1, -0.05) is 24.3 Å². The molecule has 0 aliphatic heterocycles. The van der Waals surface area contributed by atoms with Crippen LogP contribution in [0.1, 0.15) is 0 Å². The van der Waals surface area contributed by atoms with Crippen molar-refractivity contribution in [2.45, 2.75) is 0 Å². The van der Waals surface area contributed by atoms with Gasteiger partial charge in [0.05, 0.1) is 0 Å². The summed E-state index contributed by atoms with van der Waals surface area (Å²) in [6.07, 6.45) is 0. The van der Waals surface area contributed by atoms with Crippen molar-refractivity contribution < 1.29 is 18.2 Å². The van der Waals surface area contributed by atoms with Gasteiger partial charge in [-0.25, -0.2) is 29.5 Å². The number of nitrogens with two attached hydrogens (primary N) is 2. The molecule has 32 heavy (non-hydrogen) atoms. The summed E-state index contributed by atoms with van der Waals surface area (Å²) in [7, 11) is -7.49. The van der Waals surface area contributed by atoms with Crippen molar-refractivity contribution in [2.24, 2.45) is 11.0 Å². The van der Waals surface area contributed by atoms with Crippen LogP contribution in [0.5, 0.6) is 11.5 Å². The second-order valence-corrected chi connectivity index (χ2v) is 11.8. The molecule has 0 amide bonds. The molecule has 0 unspecified atom stereocenters. The van der Waals surface area contributed by atoms with Crippen LogP contribution in [0.3, 0.4) is 0 Å². The Kier molecular flexibility index (Phi) is 11.4. The zero-order chi connectivity index (χ0) is 23.8. The van der Waals surface area contributed by atoms with Crippen LogP contribution in [0.2, 0.25) is 0 Å². The zero-order valence-electron chi connectivity index (χ0n) is 17.2. The quantitative estimate of drug-likeness (QED) is 0.235. The van der Waals surface area contributed by atoms with Crippen LogP contribution >= 0.6 is 61.7 Å². The van der Waals surface area contributed by atoms with Gasteiger partial charge in [-0.3, -0.25) is 0 Å². The Hall–Kier alpha value is -0.240. The number of fused-ring (bicyclic) bond motifs is 1. The van der Waals surface area contributed by atoms with E-state index in [1.54, 1.807) is 36.4 Å². The lowest BCUT2D eigenvalue weighted by atomic mass is 10.1. The fourth-order valence-corrected chi connectivity index (χ4v) is 6.90. The molecule has 2 aromatic carbocycles. The summed E-state index contributed by atoms with van der Waals surface area (Å²) in [6, 6.07) is 10.1. The molecule has 2 aromatic rings. The maximum atomic E-state index is 13.1. The normalized spacial score (nSPS) is 15.6. The summed E-state index contributed by atoms with van der Waals surface area (Å²) in [5, 5.41) is 1.10. The van der Waals surface area contributed by atoms with Crippen molar-refractivity contribution in [3.63, 3.8) is 0 Å². The summed E-state index contributed by atoms with van der Waals surface area (Å²) >= 11 is 23.2. The first-order valence-corrected chi connectivity index (χ1v) is 15.1. The molecule has 14 heteroatoms. The number of hydrogen-bond acceptors (Lipinski definition) is 4. The number of nitrogens with zero attached hydrogens (tertiary/aromatic N) is 2. The fourth-order valence-electron chi connectivity index (χ4n) is 2.98. The van der Waals surface area contributed by atoms with Gasteiger partial charge in [0.25, 0.3) is 0 Å². The molecule has 0 radical (unpaired) electrons. The third-order valence-corrected chi connectivity index (χ3v) is 8.43. The van der Waals surface area contributed by atoms with Crippen molar-refractivity contribution in [1.29, 1.82) is 0 Å². The molecule has 0 bridgehead atoms. The Morgan fingerprint density at radius 3 is 1.25 bits per heavy atom. The topological polar surface area (TPSA) is 111 Å². The second-order valence-electron chi connectivity index (χ2n) is 6.58. The third-order valence-electron chi connectivity index (χ3n) is 4.46. The maximum absolute atomic E-state index is 13.1. The number of rotatable bonds is 14. The Morgan fingerprint density at radius 1 is 0.656 bits per heavy atom. The van der Waals surface area contributed by atoms with Gasteiger partial charge >= 0.3 is 15.3 Å². The van der Waals surface area contributed by atoms with E-state index in [9.17, 15) is 9.13 Å². The number of alkyl halides is 4. The molecular weight excluding hydrogens is 540 g/mol. The van der Waals surface area contributed by atoms with Gasteiger partial charge in [0, 0.05) is 60.5 Å². The van der Waals surface area contributed by atoms with Crippen molar-refractivity contribution in [3.8, 4) is 11.5 Å². The Labute approximate surface area is 208 Å². The lowest BCUT2D eigenvalue weighted by Gasteiger charge is -2.28. The van der Waals surface area contributed by atoms with E-state index in [1.807, 2.05) is 0 Å². The summed E-state index contributed by atoms with van der Waals surface area (Å²) in [5.74, 6) is 1.37. The van der Waals surface area contributed by atoms with Gasteiger partial charge in [-0.2, -0.15) is 0 Å². The number of benzene rings is 2. The second kappa shape index (κ2) is 13.0. The maximum Gasteiger partial charge on any atom is 0.390 e. The molecule has 2 rings (SSSR count). The van der Waals surface area contributed by atoms with Crippen LogP contribution in [-0.2, 0) is 9.13 Å². The smallest absolute Gasteiger partial charge is 0.390 e. The summed E-state index contributed by atoms with van der Waals surface area (Å²) in [5.41, 5.74) is 12.0. The molecule has 2 atom stereocenters. The summed E-state index contributed by atoms with van der Waals surface area (Å²) < 4.78 is 40.5. The largest absolute Gasteiger partial charge is 0.421 e. The van der Waals surface area contributed by atoms with Crippen molar-refractivity contribution in [1.82, 2.24) is 9.34 Å². The lowest BCUT2D eigenvalue weighted by molar-refractivity contribution is 0.372. The molecule has 4 N–H and O–H groups in total. The Balaban J connectivity index is 2.40. The van der Waals surface area contributed by atoms with Crippen molar-refractivity contribution in [3.05, 3.63) is 36.4 Å². The summed E-state index contributed by atoms with van der Waals surface area (Å²) in [6.45, 7) is 0.978. The van der Waals surface area contributed by atoms with E-state index in [-0.39, 0.29) is 61.2 Å². The Bertz CT molecular complexity index is 898. The highest BCUT2D eigenvalue weighted by Gasteiger charge is 2.30. The number of halogens is 4. The van der Waals surface area contributed by atoms with Crippen LogP contribution in [-0.4, -0.2) is 59.0 Å². The molecule has 0 saturated heterocycles. The van der Waals surface area contributed by atoms with Crippen molar-refractivity contribution in [2.75, 3.05) is 49.7 Å². The molecule has 0 aromatic heterocycles. The van der Waals surface area contributed by atoms with Gasteiger partial charge < -0.3 is 9.05 Å². The molecule has 0 spiro atoms. The van der Waals surface area contributed by atoms with Gasteiger partial charge in [0.1, 0.15) is 11.5 Å². The molecule has 0 heterocycles. The van der Waals surface area contributed by atoms with Crippen molar-refractivity contribution >= 4 is 72.5 Å². The van der Waals surface area contributed by atoms with E-state index in [0.717, 1.165) is 0 Å². The molecule has 0 fully saturated rings. The van der Waals surface area contributed by atoms with Gasteiger partial charge in [-0.05, 0) is 12.1 Å². The average Bonchev–Trinajstić information content (AvgIpc) is 2.73. The Morgan fingerprint density at radius 2 is 0.969 bits per heavy atom. The fraction of sp³-hybridized carbons (Fsp3) is 0.444. The van der Waals surface area contributed by atoms with E-state index < -0.39 is 15.3 Å². The van der Waals surface area contributed by atoms with Crippen LogP contribution in [0.15, 0.2) is 36.4 Å². The van der Waals surface area contributed by atoms with Gasteiger partial charge in [-0.15, -0.1) is 46.4 Å². The molecule has 0 saturated carbocycles. The van der Waals surface area contributed by atoms with E-state index in [2.05, 4.69) is 0 Å². The van der Waals surface area contributed by atoms with Crippen LogP contribution in [0, 0.1) is 0 Å². The molecule has 0 aliphatic carbocycles. The predicted molar refractivity (Wildman–Crippen MR) is 135 cm³/mol. The first kappa shape index (κ1) is 28.0. The highest BCUT2D eigenvalue weighted by atomic mass is 35.5. The lowest BCUT2D eigenvalue weighted by Crippen LogP contribution is -2.31. The average molecular weight is 566 g/mol. The molecule has 8 nitrogen and oxygen atoms in total. The van der Waals surface area contributed by atoms with E-state index in [4.69, 9.17) is 66.5 Å². The minimum atomic E-state index is -3.75. The SMILES string of the molecule is N[P@](=O)(Oc1cccc2c(O[P@@](N)(=O)N(CCCl)CCCl)cccc12)N(CCCl)CCCl. The third kappa shape index (κ3) is 7.38. The van der Waals surface area contributed by atoms with Crippen LogP contribution in [0.25, 0.3) is 10.8 Å². The zero-order valence-corrected chi connectivity index (χ0v) is 22.0. The molecular formula is C18H26Cl4N4O4P2. The van der Waals surface area contributed by atoms with Crippen LogP contribution in [0.4, 0.5) is 0 Å². The van der Waals surface area contributed by atoms with Crippen LogP contribution < -0.4 is 20.1 Å². The monoisotopic (exact) mass is 564 g/mol. The minimum absolute atomic E-state index is 0.210. The standard InChI is InChI=1S/C18H26Cl4N4O4P2/c19-7-11-25(12-8-20)31(23,27)29-17-5-1-3-15-16(17)4-2-6-18(15)30-32(24,28)26(13-9-21)14-10-22/h1-6H,7-14H2,(H2,23,27)(H2,24,28)/t31-,32+.